The molecule has 1 aromatic rings. The van der Waals surface area contributed by atoms with Crippen molar-refractivity contribution in [2.75, 3.05) is 38.7 Å². The summed E-state index contributed by atoms with van der Waals surface area (Å²) in [5.41, 5.74) is -0.448. The highest BCUT2D eigenvalue weighted by molar-refractivity contribution is 6.65. The zero-order valence-corrected chi connectivity index (χ0v) is 17.3. The van der Waals surface area contributed by atoms with Crippen LogP contribution in [0.2, 0.25) is 0 Å². The summed E-state index contributed by atoms with van der Waals surface area (Å²) < 4.78 is 32.8. The first kappa shape index (κ1) is 24.6. The Morgan fingerprint density at radius 3 is 2.84 bits per heavy atom. The van der Waals surface area contributed by atoms with Crippen molar-refractivity contribution in [2.45, 2.75) is 18.9 Å². The van der Waals surface area contributed by atoms with E-state index in [1.807, 2.05) is 0 Å². The van der Waals surface area contributed by atoms with E-state index in [1.54, 1.807) is 0 Å². The normalized spacial score (nSPS) is 16.7. The molecule has 4 amide bonds. The summed E-state index contributed by atoms with van der Waals surface area (Å²) in [5.74, 6) is -4.68. The fourth-order valence-corrected chi connectivity index (χ4v) is 2.90. The van der Waals surface area contributed by atoms with Crippen molar-refractivity contribution in [3.63, 3.8) is 0 Å². The van der Waals surface area contributed by atoms with E-state index >= 15 is 0 Å². The van der Waals surface area contributed by atoms with Crippen molar-refractivity contribution in [3.05, 3.63) is 23.9 Å². The van der Waals surface area contributed by atoms with Crippen molar-refractivity contribution in [3.8, 4) is 0 Å². The average molecular weight is 455 g/mol. The fourth-order valence-electron chi connectivity index (χ4n) is 2.90. The van der Waals surface area contributed by atoms with Gasteiger partial charge in [0.1, 0.15) is 5.82 Å². The standard InChI is InChI=1S/C18H23F2N7O5/c1-10(21)15(26-31)16(29)23-6-14(28)25-13-5-11(3-4-22-13)12(7-32-2)27-9-18(19,20)8-24-17(27)30/h3-5,12,21,31H,6-9H2,1-2H3,(H,23,29)(H,24,30)(H,22,25,28)/b21-10?,26-15+/t12-/m1/s1. The van der Waals surface area contributed by atoms with Crippen molar-refractivity contribution in [1.29, 1.82) is 5.41 Å². The number of anilines is 1. The highest BCUT2D eigenvalue weighted by Gasteiger charge is 2.42. The van der Waals surface area contributed by atoms with Crippen LogP contribution < -0.4 is 16.0 Å². The number of aromatic nitrogens is 1. The third kappa shape index (κ3) is 6.41. The lowest BCUT2D eigenvalue weighted by molar-refractivity contribution is -0.120. The minimum Gasteiger partial charge on any atom is -0.410 e. The smallest absolute Gasteiger partial charge is 0.318 e. The fraction of sp³-hybridized carbons (Fsp3) is 0.444. The van der Waals surface area contributed by atoms with Crippen LogP contribution in [0.1, 0.15) is 18.5 Å². The van der Waals surface area contributed by atoms with Gasteiger partial charge in [0.05, 0.1) is 38.0 Å². The predicted octanol–water partition coefficient (Wildman–Crippen LogP) is 0.354. The van der Waals surface area contributed by atoms with E-state index in [9.17, 15) is 23.2 Å². The SMILES string of the molecule is COC[C@H](c1ccnc(NC(=O)CNC(=O)/C(=N/O)C(C)=N)c1)N1CC(F)(F)CNC1=O. The monoisotopic (exact) mass is 455 g/mol. The molecule has 14 heteroatoms. The average Bonchev–Trinajstić information content (AvgIpc) is 2.73. The van der Waals surface area contributed by atoms with E-state index in [-0.39, 0.29) is 18.1 Å². The molecule has 0 aliphatic carbocycles. The van der Waals surface area contributed by atoms with Crippen LogP contribution in [0.3, 0.4) is 0 Å². The Morgan fingerprint density at radius 2 is 2.22 bits per heavy atom. The summed E-state index contributed by atoms with van der Waals surface area (Å²) in [6, 6.07) is 1.35. The van der Waals surface area contributed by atoms with Crippen LogP contribution in [0.25, 0.3) is 0 Å². The molecule has 0 bridgehead atoms. The van der Waals surface area contributed by atoms with E-state index in [1.165, 1.54) is 32.4 Å². The zero-order valence-electron chi connectivity index (χ0n) is 17.3. The molecule has 1 saturated heterocycles. The minimum atomic E-state index is -3.12. The zero-order chi connectivity index (χ0) is 23.9. The number of carbonyl (C=O) groups excluding carboxylic acids is 3. The predicted molar refractivity (Wildman–Crippen MR) is 108 cm³/mol. The van der Waals surface area contributed by atoms with Gasteiger partial charge < -0.3 is 36.2 Å². The molecule has 12 nitrogen and oxygen atoms in total. The van der Waals surface area contributed by atoms with Gasteiger partial charge in [0.15, 0.2) is 5.71 Å². The number of hydrogen-bond acceptors (Lipinski definition) is 8. The number of ether oxygens (including phenoxy) is 1. The molecule has 0 radical (unpaired) electrons. The van der Waals surface area contributed by atoms with E-state index < -0.39 is 55.2 Å². The Balaban J connectivity index is 2.10. The maximum absolute atomic E-state index is 13.8. The number of nitrogens with one attached hydrogen (secondary N) is 4. The third-order valence-electron chi connectivity index (χ3n) is 4.38. The molecule has 0 aromatic carbocycles. The van der Waals surface area contributed by atoms with Crippen molar-refractivity contribution < 1.29 is 33.1 Å². The van der Waals surface area contributed by atoms with E-state index in [4.69, 9.17) is 15.4 Å². The summed E-state index contributed by atoms with van der Waals surface area (Å²) in [5, 5.41) is 25.5. The van der Waals surface area contributed by atoms with Gasteiger partial charge in [0.2, 0.25) is 5.91 Å². The molecular formula is C18H23F2N7O5. The number of methoxy groups -OCH3 is 1. The first-order chi connectivity index (χ1) is 15.1. The van der Waals surface area contributed by atoms with Gasteiger partial charge in [-0.2, -0.15) is 0 Å². The number of halogens is 2. The Bertz CT molecular complexity index is 925. The van der Waals surface area contributed by atoms with Gasteiger partial charge in [-0.25, -0.2) is 18.6 Å². The van der Waals surface area contributed by atoms with Crippen molar-refractivity contribution >= 4 is 35.1 Å². The van der Waals surface area contributed by atoms with E-state index in [0.717, 1.165) is 4.90 Å². The topological polar surface area (TPSA) is 169 Å². The number of nitrogens with zero attached hydrogens (tertiary/aromatic N) is 3. The Kier molecular flexibility index (Phi) is 8.12. The lowest BCUT2D eigenvalue weighted by atomic mass is 10.1. The van der Waals surface area contributed by atoms with Crippen LogP contribution in [-0.2, 0) is 14.3 Å². The molecule has 1 aliphatic rings. The first-order valence-corrected chi connectivity index (χ1v) is 9.30. The van der Waals surface area contributed by atoms with E-state index in [2.05, 4.69) is 26.1 Å². The highest BCUT2D eigenvalue weighted by Crippen LogP contribution is 2.28. The molecule has 174 valence electrons. The summed E-state index contributed by atoms with van der Waals surface area (Å²) in [6.07, 6.45) is 1.32. The number of oxime groups is 1. The van der Waals surface area contributed by atoms with E-state index in [0.29, 0.717) is 5.56 Å². The summed E-state index contributed by atoms with van der Waals surface area (Å²) >= 11 is 0. The summed E-state index contributed by atoms with van der Waals surface area (Å²) in [6.45, 7) is -0.919. The molecule has 1 aromatic heterocycles. The van der Waals surface area contributed by atoms with Gasteiger partial charge in [-0.15, -0.1) is 0 Å². The maximum atomic E-state index is 13.8. The minimum absolute atomic E-state index is 0.0475. The number of hydrogen-bond donors (Lipinski definition) is 5. The van der Waals surface area contributed by atoms with Crippen LogP contribution >= 0.6 is 0 Å². The Hall–Kier alpha value is -3.68. The summed E-state index contributed by atoms with van der Waals surface area (Å²) in [4.78, 5) is 41.0. The van der Waals surface area contributed by atoms with Crippen molar-refractivity contribution in [1.82, 2.24) is 20.5 Å². The second-order valence-corrected chi connectivity index (χ2v) is 6.89. The number of carbonyl (C=O) groups is 3. The van der Waals surface area contributed by atoms with Crippen LogP contribution in [0.4, 0.5) is 19.4 Å². The molecule has 1 fully saturated rings. The second-order valence-electron chi connectivity index (χ2n) is 6.89. The van der Waals surface area contributed by atoms with Crippen molar-refractivity contribution in [2.24, 2.45) is 5.16 Å². The third-order valence-corrected chi connectivity index (χ3v) is 4.38. The Morgan fingerprint density at radius 1 is 1.50 bits per heavy atom. The van der Waals surface area contributed by atoms with Gasteiger partial charge in [0, 0.05) is 13.3 Å². The number of pyridine rings is 1. The molecule has 2 rings (SSSR count). The van der Waals surface area contributed by atoms with Gasteiger partial charge in [-0.05, 0) is 24.6 Å². The van der Waals surface area contributed by atoms with Gasteiger partial charge in [0.25, 0.3) is 11.8 Å². The van der Waals surface area contributed by atoms with Gasteiger partial charge in [-0.1, -0.05) is 5.16 Å². The molecular weight excluding hydrogens is 432 g/mol. The number of urea groups is 1. The molecule has 0 unspecified atom stereocenters. The quantitative estimate of drug-likeness (QED) is 0.204. The maximum Gasteiger partial charge on any atom is 0.318 e. The Labute approximate surface area is 181 Å². The summed E-state index contributed by atoms with van der Waals surface area (Å²) in [7, 11) is 1.36. The highest BCUT2D eigenvalue weighted by atomic mass is 19.3. The molecule has 0 saturated carbocycles. The lowest BCUT2D eigenvalue weighted by Crippen LogP contribution is -2.58. The van der Waals surface area contributed by atoms with Crippen LogP contribution in [0, 0.1) is 5.41 Å². The number of alkyl halides is 2. The van der Waals surface area contributed by atoms with Crippen LogP contribution in [-0.4, -0.2) is 83.6 Å². The molecule has 1 atom stereocenters. The van der Waals surface area contributed by atoms with Crippen LogP contribution in [0.15, 0.2) is 23.5 Å². The second kappa shape index (κ2) is 10.6. The lowest BCUT2D eigenvalue weighted by Gasteiger charge is -2.38. The molecule has 2 heterocycles. The molecule has 32 heavy (non-hydrogen) atoms. The molecule has 5 N–H and O–H groups in total. The van der Waals surface area contributed by atoms with Crippen LogP contribution in [0.5, 0.6) is 0 Å². The largest absolute Gasteiger partial charge is 0.410 e. The number of rotatable bonds is 9. The van der Waals surface area contributed by atoms with Gasteiger partial charge >= 0.3 is 6.03 Å². The molecule has 0 spiro atoms. The van der Waals surface area contributed by atoms with Gasteiger partial charge in [-0.3, -0.25) is 9.59 Å². The molecule has 1 aliphatic heterocycles. The number of amides is 4. The first-order valence-electron chi connectivity index (χ1n) is 9.30.